The van der Waals surface area contributed by atoms with Gasteiger partial charge in [0.1, 0.15) is 5.82 Å². The minimum absolute atomic E-state index is 0.222. The molecule has 21 heavy (non-hydrogen) atoms. The molecular formula is C16H22ClFN2O. The Balaban J connectivity index is 1.87. The summed E-state index contributed by atoms with van der Waals surface area (Å²) in [5.41, 5.74) is 1.13. The molecule has 2 fully saturated rings. The fourth-order valence-corrected chi connectivity index (χ4v) is 3.66. The topological polar surface area (TPSA) is 24.5 Å². The Morgan fingerprint density at radius 3 is 2.62 bits per heavy atom. The first-order chi connectivity index (χ1) is 10.3. The van der Waals surface area contributed by atoms with E-state index in [1.165, 1.54) is 6.07 Å². The fourth-order valence-electron chi connectivity index (χ4n) is 3.47. The molecule has 2 heterocycles. The minimum atomic E-state index is -0.341. The second-order valence-electron chi connectivity index (χ2n) is 5.85. The number of nitrogens with one attached hydrogen (secondary N) is 1. The van der Waals surface area contributed by atoms with E-state index in [9.17, 15) is 4.39 Å². The molecule has 0 aromatic heterocycles. The zero-order chi connectivity index (χ0) is 14.7. The molecule has 5 heteroatoms. The van der Waals surface area contributed by atoms with Crippen LogP contribution in [0, 0.1) is 11.7 Å². The van der Waals surface area contributed by atoms with E-state index in [0.29, 0.717) is 12.0 Å². The van der Waals surface area contributed by atoms with Gasteiger partial charge in [0.2, 0.25) is 0 Å². The van der Waals surface area contributed by atoms with Gasteiger partial charge in [-0.3, -0.25) is 4.90 Å². The molecule has 2 saturated heterocycles. The molecular weight excluding hydrogens is 291 g/mol. The Kier molecular flexibility index (Phi) is 5.11. The van der Waals surface area contributed by atoms with Gasteiger partial charge in [0, 0.05) is 45.4 Å². The molecule has 1 N–H and O–H groups in total. The van der Waals surface area contributed by atoms with Gasteiger partial charge in [-0.2, -0.15) is 0 Å². The first-order valence-electron chi connectivity index (χ1n) is 7.73. The van der Waals surface area contributed by atoms with Gasteiger partial charge in [-0.05, 0) is 36.5 Å². The average Bonchev–Trinajstić information content (AvgIpc) is 2.53. The largest absolute Gasteiger partial charge is 0.381 e. The van der Waals surface area contributed by atoms with E-state index in [1.54, 1.807) is 6.07 Å². The summed E-state index contributed by atoms with van der Waals surface area (Å²) in [6.07, 6.45) is 2.12. The van der Waals surface area contributed by atoms with E-state index in [4.69, 9.17) is 16.3 Å². The summed E-state index contributed by atoms with van der Waals surface area (Å²) in [6.45, 7) is 5.71. The van der Waals surface area contributed by atoms with Crippen LogP contribution in [0.3, 0.4) is 0 Å². The molecule has 0 radical (unpaired) electrons. The Labute approximate surface area is 130 Å². The Hall–Kier alpha value is -0.680. The molecule has 3 rings (SSSR count). The zero-order valence-electron chi connectivity index (χ0n) is 12.2. The molecule has 0 unspecified atom stereocenters. The van der Waals surface area contributed by atoms with Crippen molar-refractivity contribution in [1.29, 1.82) is 0 Å². The van der Waals surface area contributed by atoms with Crippen LogP contribution in [0.2, 0.25) is 5.02 Å². The Morgan fingerprint density at radius 2 is 1.95 bits per heavy atom. The average molecular weight is 313 g/mol. The smallest absolute Gasteiger partial charge is 0.141 e. The van der Waals surface area contributed by atoms with Crippen LogP contribution in [-0.2, 0) is 4.74 Å². The standard InChI is InChI=1S/C16H22ClFN2O/c17-14-11-13(1-2-15(14)18)16(12-3-9-21-10-4-12)20-7-5-19-6-8-20/h1-2,11-12,16,19H,3-10H2/t16-/m1/s1. The van der Waals surface area contributed by atoms with Crippen molar-refractivity contribution in [2.45, 2.75) is 18.9 Å². The molecule has 0 spiro atoms. The number of rotatable bonds is 3. The maximum atomic E-state index is 13.5. The quantitative estimate of drug-likeness (QED) is 0.929. The number of ether oxygens (including phenoxy) is 1. The number of hydrogen-bond donors (Lipinski definition) is 1. The first kappa shape index (κ1) is 15.2. The number of halogens is 2. The van der Waals surface area contributed by atoms with Crippen LogP contribution in [0.1, 0.15) is 24.4 Å². The SMILES string of the molecule is Fc1ccc([C@@H](C2CCOCC2)N2CCNCC2)cc1Cl. The monoisotopic (exact) mass is 312 g/mol. The predicted octanol–water partition coefficient (Wildman–Crippen LogP) is 2.85. The highest BCUT2D eigenvalue weighted by molar-refractivity contribution is 6.30. The summed E-state index contributed by atoms with van der Waals surface area (Å²) >= 11 is 6.01. The highest BCUT2D eigenvalue weighted by Crippen LogP contribution is 2.36. The summed E-state index contributed by atoms with van der Waals surface area (Å²) in [4.78, 5) is 2.51. The van der Waals surface area contributed by atoms with Crippen LogP contribution in [-0.4, -0.2) is 44.3 Å². The number of hydrogen-bond acceptors (Lipinski definition) is 3. The van der Waals surface area contributed by atoms with Crippen molar-refractivity contribution in [2.75, 3.05) is 39.4 Å². The van der Waals surface area contributed by atoms with E-state index in [1.807, 2.05) is 6.07 Å². The van der Waals surface area contributed by atoms with Crippen LogP contribution >= 0.6 is 11.6 Å². The summed E-state index contributed by atoms with van der Waals surface area (Å²) in [7, 11) is 0. The van der Waals surface area contributed by atoms with Gasteiger partial charge in [0.15, 0.2) is 0 Å². The maximum absolute atomic E-state index is 13.5. The van der Waals surface area contributed by atoms with Crippen LogP contribution in [0.5, 0.6) is 0 Å². The first-order valence-corrected chi connectivity index (χ1v) is 8.11. The third-order valence-electron chi connectivity index (χ3n) is 4.54. The van der Waals surface area contributed by atoms with Crippen molar-refractivity contribution in [1.82, 2.24) is 10.2 Å². The highest BCUT2D eigenvalue weighted by atomic mass is 35.5. The lowest BCUT2D eigenvalue weighted by molar-refractivity contribution is 0.0213. The molecule has 0 amide bonds. The lowest BCUT2D eigenvalue weighted by atomic mass is 9.85. The number of benzene rings is 1. The van der Waals surface area contributed by atoms with Crippen molar-refractivity contribution in [2.24, 2.45) is 5.92 Å². The molecule has 1 atom stereocenters. The van der Waals surface area contributed by atoms with Gasteiger partial charge in [-0.25, -0.2) is 4.39 Å². The number of nitrogens with zero attached hydrogens (tertiary/aromatic N) is 1. The van der Waals surface area contributed by atoms with Crippen LogP contribution in [0.4, 0.5) is 4.39 Å². The molecule has 1 aromatic rings. The van der Waals surface area contributed by atoms with E-state index in [2.05, 4.69) is 10.2 Å². The lowest BCUT2D eigenvalue weighted by Gasteiger charge is -2.41. The molecule has 2 aliphatic rings. The molecule has 0 aliphatic carbocycles. The van der Waals surface area contributed by atoms with Crippen molar-refractivity contribution >= 4 is 11.6 Å². The molecule has 2 aliphatic heterocycles. The third-order valence-corrected chi connectivity index (χ3v) is 4.83. The molecule has 1 aromatic carbocycles. The van der Waals surface area contributed by atoms with E-state index in [-0.39, 0.29) is 10.8 Å². The normalized spacial score (nSPS) is 23.1. The Morgan fingerprint density at radius 1 is 1.24 bits per heavy atom. The molecule has 116 valence electrons. The van der Waals surface area contributed by atoms with Crippen LogP contribution in [0.15, 0.2) is 18.2 Å². The highest BCUT2D eigenvalue weighted by Gasteiger charge is 2.31. The van der Waals surface area contributed by atoms with Gasteiger partial charge >= 0.3 is 0 Å². The van der Waals surface area contributed by atoms with E-state index >= 15 is 0 Å². The van der Waals surface area contributed by atoms with Crippen molar-refractivity contribution in [3.8, 4) is 0 Å². The summed E-state index contributed by atoms with van der Waals surface area (Å²) in [5.74, 6) is 0.213. The van der Waals surface area contributed by atoms with Gasteiger partial charge < -0.3 is 10.1 Å². The summed E-state index contributed by atoms with van der Waals surface area (Å²) in [5, 5.41) is 3.61. The molecule has 0 bridgehead atoms. The fraction of sp³-hybridized carbons (Fsp3) is 0.625. The van der Waals surface area contributed by atoms with Gasteiger partial charge in [0.25, 0.3) is 0 Å². The molecule has 3 nitrogen and oxygen atoms in total. The van der Waals surface area contributed by atoms with Crippen molar-refractivity contribution in [3.05, 3.63) is 34.6 Å². The third kappa shape index (κ3) is 3.57. The summed E-state index contributed by atoms with van der Waals surface area (Å²) < 4.78 is 19.0. The van der Waals surface area contributed by atoms with Crippen molar-refractivity contribution in [3.63, 3.8) is 0 Å². The number of piperazine rings is 1. The second kappa shape index (κ2) is 7.05. The zero-order valence-corrected chi connectivity index (χ0v) is 12.9. The summed E-state index contributed by atoms with van der Waals surface area (Å²) in [6, 6.07) is 5.50. The van der Waals surface area contributed by atoms with Gasteiger partial charge in [0.05, 0.1) is 5.02 Å². The predicted molar refractivity (Wildman–Crippen MR) is 82.1 cm³/mol. The minimum Gasteiger partial charge on any atom is -0.381 e. The van der Waals surface area contributed by atoms with Gasteiger partial charge in [-0.15, -0.1) is 0 Å². The van der Waals surface area contributed by atoms with Crippen LogP contribution in [0.25, 0.3) is 0 Å². The Bertz CT molecular complexity index is 455. The molecule has 0 saturated carbocycles. The van der Waals surface area contributed by atoms with E-state index < -0.39 is 0 Å². The lowest BCUT2D eigenvalue weighted by Crippen LogP contribution is -2.47. The maximum Gasteiger partial charge on any atom is 0.141 e. The van der Waals surface area contributed by atoms with Crippen LogP contribution < -0.4 is 5.32 Å². The van der Waals surface area contributed by atoms with E-state index in [0.717, 1.165) is 57.8 Å². The van der Waals surface area contributed by atoms with Crippen molar-refractivity contribution < 1.29 is 9.13 Å². The second-order valence-corrected chi connectivity index (χ2v) is 6.26. The van der Waals surface area contributed by atoms with Gasteiger partial charge in [-0.1, -0.05) is 17.7 Å².